The van der Waals surface area contributed by atoms with Crippen LogP contribution in [-0.4, -0.2) is 29.1 Å². The van der Waals surface area contributed by atoms with Gasteiger partial charge in [-0.2, -0.15) is 0 Å². The number of amides is 3. The lowest BCUT2D eigenvalue weighted by Crippen LogP contribution is -2.58. The highest BCUT2D eigenvalue weighted by molar-refractivity contribution is 6.39. The molecule has 3 aromatic carbocycles. The number of para-hydroxylation sites is 1. The van der Waals surface area contributed by atoms with Gasteiger partial charge < -0.3 is 21.1 Å². The maximum Gasteiger partial charge on any atom is 0.326 e. The zero-order chi connectivity index (χ0) is 29.8. The fraction of sp³-hybridized carbons (Fsp3) is 0.344. The third-order valence-corrected chi connectivity index (χ3v) is 8.77. The number of rotatable bonds is 7. The summed E-state index contributed by atoms with van der Waals surface area (Å²) in [5, 5.41) is 19.1. The van der Waals surface area contributed by atoms with Gasteiger partial charge in [-0.25, -0.2) is 9.59 Å². The van der Waals surface area contributed by atoms with Gasteiger partial charge in [-0.15, -0.1) is 0 Å². The van der Waals surface area contributed by atoms with Crippen molar-refractivity contribution in [2.24, 2.45) is 10.8 Å². The van der Waals surface area contributed by atoms with Crippen molar-refractivity contribution < 1.29 is 19.5 Å². The smallest absolute Gasteiger partial charge is 0.326 e. The van der Waals surface area contributed by atoms with Gasteiger partial charge in [0.05, 0.1) is 27.0 Å². The number of carboxylic acids is 1. The lowest BCUT2D eigenvalue weighted by molar-refractivity contribution is -0.148. The highest BCUT2D eigenvalue weighted by Crippen LogP contribution is 2.52. The summed E-state index contributed by atoms with van der Waals surface area (Å²) < 4.78 is 0. The predicted octanol–water partition coefficient (Wildman–Crippen LogP) is 8.48. The number of aliphatic carboxylic acids is 1. The molecule has 1 fully saturated rings. The summed E-state index contributed by atoms with van der Waals surface area (Å²) in [6.07, 6.45) is 4.25. The van der Waals surface area contributed by atoms with Crippen LogP contribution in [0, 0.1) is 10.8 Å². The number of carbonyl (C=O) groups excluding carboxylic acids is 2. The lowest BCUT2D eigenvalue weighted by atomic mass is 9.55. The number of carboxylic acid groups (broad SMARTS) is 1. The van der Waals surface area contributed by atoms with Crippen LogP contribution in [0.4, 0.5) is 16.2 Å². The Morgan fingerprint density at radius 3 is 2.05 bits per heavy atom. The van der Waals surface area contributed by atoms with Crippen LogP contribution in [0.3, 0.4) is 0 Å². The molecule has 0 bridgehead atoms. The van der Waals surface area contributed by atoms with Gasteiger partial charge in [-0.1, -0.05) is 106 Å². The zero-order valence-electron chi connectivity index (χ0n) is 23.4. The van der Waals surface area contributed by atoms with Gasteiger partial charge in [0.1, 0.15) is 6.04 Å². The molecular formula is C32H35Cl2N3O4. The number of anilines is 2. The number of nitrogens with one attached hydrogen (secondary N) is 3. The van der Waals surface area contributed by atoms with E-state index in [4.69, 9.17) is 23.2 Å². The van der Waals surface area contributed by atoms with Crippen LogP contribution in [0.15, 0.2) is 66.7 Å². The number of hydrogen-bond donors (Lipinski definition) is 4. The summed E-state index contributed by atoms with van der Waals surface area (Å²) >= 11 is 12.5. The Morgan fingerprint density at radius 2 is 1.46 bits per heavy atom. The fourth-order valence-electron chi connectivity index (χ4n) is 5.84. The quantitative estimate of drug-likeness (QED) is 0.219. The molecule has 0 heterocycles. The van der Waals surface area contributed by atoms with Crippen LogP contribution in [0.25, 0.3) is 11.1 Å². The maximum atomic E-state index is 13.8. The van der Waals surface area contributed by atoms with Gasteiger partial charge in [0, 0.05) is 5.41 Å². The second-order valence-corrected chi connectivity index (χ2v) is 12.3. The first-order chi connectivity index (χ1) is 19.4. The molecule has 7 nitrogen and oxygen atoms in total. The van der Waals surface area contributed by atoms with Gasteiger partial charge in [-0.05, 0) is 53.6 Å². The number of urea groups is 1. The molecule has 0 radical (unpaired) electrons. The van der Waals surface area contributed by atoms with Gasteiger partial charge in [-0.3, -0.25) is 4.79 Å². The van der Waals surface area contributed by atoms with Gasteiger partial charge in [0.15, 0.2) is 0 Å². The van der Waals surface area contributed by atoms with E-state index in [1.807, 2.05) is 51.1 Å². The van der Waals surface area contributed by atoms with Crippen LogP contribution in [-0.2, 0) is 4.79 Å². The molecule has 216 valence electrons. The lowest BCUT2D eigenvalue weighted by Gasteiger charge is -2.51. The van der Waals surface area contributed by atoms with E-state index in [0.717, 1.165) is 30.4 Å². The van der Waals surface area contributed by atoms with E-state index >= 15 is 0 Å². The van der Waals surface area contributed by atoms with Crippen molar-refractivity contribution in [3.05, 3.63) is 82.3 Å². The van der Waals surface area contributed by atoms with Crippen molar-refractivity contribution in [2.75, 3.05) is 10.6 Å². The molecule has 3 amide bonds. The normalized spacial score (nSPS) is 15.4. The minimum absolute atomic E-state index is 0.135. The van der Waals surface area contributed by atoms with Crippen LogP contribution in [0.1, 0.15) is 63.2 Å². The molecule has 9 heteroatoms. The SMILES string of the molecule is CC(C)(C)C1([C@H](NC(=O)c2ccc(-c3ccccc3)cc2NC(=O)Nc2c(Cl)cccc2Cl)C(=O)O)CCCCC1. The first kappa shape index (κ1) is 30.4. The summed E-state index contributed by atoms with van der Waals surface area (Å²) in [6, 6.07) is 17.7. The Bertz CT molecular complexity index is 1410. The maximum absolute atomic E-state index is 13.8. The number of benzene rings is 3. The second kappa shape index (κ2) is 12.5. The summed E-state index contributed by atoms with van der Waals surface area (Å²) in [7, 11) is 0. The molecule has 0 unspecified atom stereocenters. The van der Waals surface area contributed by atoms with Crippen molar-refractivity contribution in [3.63, 3.8) is 0 Å². The standard InChI is InChI=1S/C32H35Cl2N3O4/c1-31(2,3)32(17-8-5-9-18-32)27(29(39)40)37-28(38)22-16-15-21(20-11-6-4-7-12-20)19-25(22)35-30(41)36-26-23(33)13-10-14-24(26)34/h4,6-7,10-16,19,27H,5,8-9,17-18H2,1-3H3,(H,37,38)(H,39,40)(H2,35,36,41)/t27-/m1/s1. The van der Waals surface area contributed by atoms with E-state index in [-0.39, 0.29) is 32.4 Å². The topological polar surface area (TPSA) is 108 Å². The molecule has 0 aromatic heterocycles. The van der Waals surface area contributed by atoms with Crippen LogP contribution >= 0.6 is 23.2 Å². The van der Waals surface area contributed by atoms with Crippen molar-refractivity contribution in [1.82, 2.24) is 5.32 Å². The first-order valence-corrected chi connectivity index (χ1v) is 14.4. The molecule has 0 aliphatic heterocycles. The summed E-state index contributed by atoms with van der Waals surface area (Å²) in [4.78, 5) is 39.6. The van der Waals surface area contributed by atoms with Gasteiger partial charge in [0.2, 0.25) is 0 Å². The van der Waals surface area contributed by atoms with Crippen molar-refractivity contribution >= 4 is 52.5 Å². The molecule has 3 aromatic rings. The third kappa shape index (κ3) is 6.68. The summed E-state index contributed by atoms with van der Waals surface area (Å²) in [5.41, 5.74) is 1.24. The Balaban J connectivity index is 1.70. The minimum Gasteiger partial charge on any atom is -0.480 e. The fourth-order valence-corrected chi connectivity index (χ4v) is 6.33. The monoisotopic (exact) mass is 595 g/mol. The van der Waals surface area contributed by atoms with Crippen LogP contribution in [0.5, 0.6) is 0 Å². The molecular weight excluding hydrogens is 561 g/mol. The largest absolute Gasteiger partial charge is 0.480 e. The summed E-state index contributed by atoms with van der Waals surface area (Å²) in [5.74, 6) is -1.66. The molecule has 1 saturated carbocycles. The average molecular weight is 597 g/mol. The Hall–Kier alpha value is -3.55. The minimum atomic E-state index is -1.10. The van der Waals surface area contributed by atoms with E-state index < -0.39 is 29.4 Å². The molecule has 1 aliphatic rings. The van der Waals surface area contributed by atoms with Crippen LogP contribution in [0.2, 0.25) is 10.0 Å². The van der Waals surface area contributed by atoms with E-state index in [2.05, 4.69) is 16.0 Å². The zero-order valence-corrected chi connectivity index (χ0v) is 24.9. The molecule has 1 aliphatic carbocycles. The highest BCUT2D eigenvalue weighted by atomic mass is 35.5. The van der Waals surface area contributed by atoms with E-state index in [9.17, 15) is 19.5 Å². The van der Waals surface area contributed by atoms with Gasteiger partial charge in [0.25, 0.3) is 5.91 Å². The number of carbonyl (C=O) groups is 3. The molecule has 41 heavy (non-hydrogen) atoms. The number of halogens is 2. The summed E-state index contributed by atoms with van der Waals surface area (Å²) in [6.45, 7) is 6.10. The second-order valence-electron chi connectivity index (χ2n) is 11.5. The van der Waals surface area contributed by atoms with Crippen molar-refractivity contribution in [2.45, 2.75) is 58.9 Å². The van der Waals surface area contributed by atoms with Crippen molar-refractivity contribution in [3.8, 4) is 11.1 Å². The predicted molar refractivity (Wildman–Crippen MR) is 165 cm³/mol. The Labute approximate surface area is 250 Å². The van der Waals surface area contributed by atoms with E-state index in [1.165, 1.54) is 0 Å². The highest BCUT2D eigenvalue weighted by Gasteiger charge is 2.52. The molecule has 0 spiro atoms. The third-order valence-electron chi connectivity index (χ3n) is 8.14. The van der Waals surface area contributed by atoms with E-state index in [0.29, 0.717) is 12.8 Å². The number of hydrogen-bond acceptors (Lipinski definition) is 3. The molecule has 1 atom stereocenters. The van der Waals surface area contributed by atoms with Crippen LogP contribution < -0.4 is 16.0 Å². The molecule has 4 rings (SSSR count). The van der Waals surface area contributed by atoms with Gasteiger partial charge >= 0.3 is 12.0 Å². The molecule has 0 saturated heterocycles. The Morgan fingerprint density at radius 1 is 0.829 bits per heavy atom. The average Bonchev–Trinajstić information content (AvgIpc) is 2.93. The van der Waals surface area contributed by atoms with Crippen molar-refractivity contribution in [1.29, 1.82) is 0 Å². The van der Waals surface area contributed by atoms with E-state index in [1.54, 1.807) is 36.4 Å². The molecule has 4 N–H and O–H groups in total. The first-order valence-electron chi connectivity index (χ1n) is 13.7. The Kier molecular flexibility index (Phi) is 9.30.